The molecule has 0 spiro atoms. The van der Waals surface area contributed by atoms with Crippen LogP contribution in [0.1, 0.15) is 18.7 Å². The van der Waals surface area contributed by atoms with Gasteiger partial charge in [-0.05, 0) is 6.42 Å². The number of imidazole rings is 1. The number of carbonyl (C=O) groups is 1. The number of H-pyrrole nitrogens is 1. The maximum absolute atomic E-state index is 11.6. The molecule has 1 amide bonds. The maximum atomic E-state index is 11.6. The molecule has 1 aromatic heterocycles. The van der Waals surface area contributed by atoms with E-state index in [2.05, 4.69) is 20.6 Å². The summed E-state index contributed by atoms with van der Waals surface area (Å²) in [6.07, 6.45) is 5.75. The van der Waals surface area contributed by atoms with Crippen molar-refractivity contribution in [2.45, 2.75) is 25.4 Å². The number of nitrogens with one attached hydrogen (secondary N) is 3. The fourth-order valence-corrected chi connectivity index (χ4v) is 1.95. The third-order valence-corrected chi connectivity index (χ3v) is 2.88. The lowest BCUT2D eigenvalue weighted by molar-refractivity contribution is -0.124. The van der Waals surface area contributed by atoms with Crippen molar-refractivity contribution in [3.8, 4) is 0 Å². The summed E-state index contributed by atoms with van der Waals surface area (Å²) in [5, 5.41) is 6.11. The number of aromatic amines is 1. The molecule has 18 heavy (non-hydrogen) atoms. The lowest BCUT2D eigenvalue weighted by Crippen LogP contribution is -2.41. The van der Waals surface area contributed by atoms with Crippen molar-refractivity contribution >= 4 is 5.91 Å². The van der Waals surface area contributed by atoms with Crippen molar-refractivity contribution in [3.05, 3.63) is 18.2 Å². The van der Waals surface area contributed by atoms with Crippen LogP contribution >= 0.6 is 0 Å². The number of morpholine rings is 1. The standard InChI is InChI=1S/C12H20N4O2/c17-12(8-10-9-13-6-7-18-10)16-3-1-2-11-14-4-5-15-11/h4-5,10,13H,1-3,6-9H2,(H,14,15)(H,16,17). The number of hydrogen-bond donors (Lipinski definition) is 3. The molecule has 2 rings (SSSR count). The largest absolute Gasteiger partial charge is 0.375 e. The Balaban J connectivity index is 1.54. The predicted molar refractivity (Wildman–Crippen MR) is 67.1 cm³/mol. The number of hydrogen-bond acceptors (Lipinski definition) is 4. The Morgan fingerprint density at radius 1 is 1.61 bits per heavy atom. The van der Waals surface area contributed by atoms with Gasteiger partial charge in [-0.3, -0.25) is 4.79 Å². The Labute approximate surface area is 107 Å². The minimum atomic E-state index is 0.0174. The molecule has 1 aliphatic rings. The first-order chi connectivity index (χ1) is 8.84. The van der Waals surface area contributed by atoms with Gasteiger partial charge in [-0.15, -0.1) is 0 Å². The lowest BCUT2D eigenvalue weighted by atomic mass is 10.2. The van der Waals surface area contributed by atoms with Gasteiger partial charge in [0.05, 0.1) is 19.1 Å². The quantitative estimate of drug-likeness (QED) is 0.615. The second kappa shape index (κ2) is 7.13. The summed E-state index contributed by atoms with van der Waals surface area (Å²) < 4.78 is 5.48. The van der Waals surface area contributed by atoms with Gasteiger partial charge in [-0.25, -0.2) is 4.98 Å². The lowest BCUT2D eigenvalue weighted by Gasteiger charge is -2.23. The van der Waals surface area contributed by atoms with Crippen LogP contribution in [0.5, 0.6) is 0 Å². The second-order valence-corrected chi connectivity index (χ2v) is 4.39. The van der Waals surface area contributed by atoms with E-state index in [9.17, 15) is 4.79 Å². The average molecular weight is 252 g/mol. The number of aryl methyl sites for hydroxylation is 1. The van der Waals surface area contributed by atoms with Gasteiger partial charge < -0.3 is 20.4 Å². The molecule has 1 aliphatic heterocycles. The first-order valence-electron chi connectivity index (χ1n) is 6.42. The van der Waals surface area contributed by atoms with Crippen molar-refractivity contribution < 1.29 is 9.53 Å². The molecule has 100 valence electrons. The predicted octanol–water partition coefficient (Wildman–Crippen LogP) is -0.163. The van der Waals surface area contributed by atoms with Crippen LogP contribution in [-0.2, 0) is 16.0 Å². The minimum absolute atomic E-state index is 0.0174. The van der Waals surface area contributed by atoms with E-state index < -0.39 is 0 Å². The van der Waals surface area contributed by atoms with Gasteiger partial charge >= 0.3 is 0 Å². The van der Waals surface area contributed by atoms with Crippen LogP contribution in [0.3, 0.4) is 0 Å². The first kappa shape index (κ1) is 13.0. The van der Waals surface area contributed by atoms with Gasteiger partial charge in [0.2, 0.25) is 5.91 Å². The summed E-state index contributed by atoms with van der Waals surface area (Å²) in [6, 6.07) is 0. The van der Waals surface area contributed by atoms with Crippen molar-refractivity contribution in [2.75, 3.05) is 26.2 Å². The van der Waals surface area contributed by atoms with E-state index in [1.807, 2.05) is 0 Å². The minimum Gasteiger partial charge on any atom is -0.375 e. The van der Waals surface area contributed by atoms with Gasteiger partial charge in [0.25, 0.3) is 0 Å². The Morgan fingerprint density at radius 2 is 2.56 bits per heavy atom. The molecule has 0 saturated carbocycles. The molecule has 1 atom stereocenters. The van der Waals surface area contributed by atoms with Crippen molar-refractivity contribution in [1.82, 2.24) is 20.6 Å². The summed E-state index contributed by atoms with van der Waals surface area (Å²) in [7, 11) is 0. The van der Waals surface area contributed by atoms with Crippen LogP contribution in [0.4, 0.5) is 0 Å². The molecule has 0 aromatic carbocycles. The van der Waals surface area contributed by atoms with E-state index in [0.29, 0.717) is 19.6 Å². The van der Waals surface area contributed by atoms with E-state index in [0.717, 1.165) is 31.8 Å². The molecule has 1 fully saturated rings. The first-order valence-corrected chi connectivity index (χ1v) is 6.42. The normalized spacial score (nSPS) is 19.7. The molecule has 6 heteroatoms. The Kier molecular flexibility index (Phi) is 5.16. The number of amides is 1. The summed E-state index contributed by atoms with van der Waals surface area (Å²) in [4.78, 5) is 18.8. The third-order valence-electron chi connectivity index (χ3n) is 2.88. The third kappa shape index (κ3) is 4.46. The van der Waals surface area contributed by atoms with Crippen LogP contribution in [0.15, 0.2) is 12.4 Å². The molecular formula is C12H20N4O2. The SMILES string of the molecule is O=C(CC1CNCCO1)NCCCc1ncc[nH]1. The highest BCUT2D eigenvalue weighted by atomic mass is 16.5. The number of ether oxygens (including phenoxy) is 1. The average Bonchev–Trinajstić information content (AvgIpc) is 2.89. The molecule has 1 aromatic rings. The van der Waals surface area contributed by atoms with E-state index in [4.69, 9.17) is 4.74 Å². The number of aromatic nitrogens is 2. The highest BCUT2D eigenvalue weighted by Gasteiger charge is 2.16. The molecule has 0 aliphatic carbocycles. The molecule has 1 saturated heterocycles. The van der Waals surface area contributed by atoms with Gasteiger partial charge in [0, 0.05) is 38.4 Å². The highest BCUT2D eigenvalue weighted by Crippen LogP contribution is 2.01. The number of nitrogens with zero attached hydrogens (tertiary/aromatic N) is 1. The summed E-state index contributed by atoms with van der Waals surface area (Å²) >= 11 is 0. The number of carbonyl (C=O) groups excluding carboxylic acids is 1. The smallest absolute Gasteiger partial charge is 0.222 e. The monoisotopic (exact) mass is 252 g/mol. The van der Waals surface area contributed by atoms with Crippen molar-refractivity contribution in [1.29, 1.82) is 0 Å². The summed E-state index contributed by atoms with van der Waals surface area (Å²) in [6.45, 7) is 3.01. The van der Waals surface area contributed by atoms with Crippen LogP contribution in [0.25, 0.3) is 0 Å². The van der Waals surface area contributed by atoms with E-state index in [-0.39, 0.29) is 12.0 Å². The molecule has 3 N–H and O–H groups in total. The summed E-state index contributed by atoms with van der Waals surface area (Å²) in [5.74, 6) is 1.02. The molecule has 2 heterocycles. The maximum Gasteiger partial charge on any atom is 0.222 e. The highest BCUT2D eigenvalue weighted by molar-refractivity contribution is 5.76. The molecule has 1 unspecified atom stereocenters. The zero-order valence-corrected chi connectivity index (χ0v) is 10.4. The fourth-order valence-electron chi connectivity index (χ4n) is 1.95. The van der Waals surface area contributed by atoms with E-state index >= 15 is 0 Å². The summed E-state index contributed by atoms with van der Waals surface area (Å²) in [5.41, 5.74) is 0. The topological polar surface area (TPSA) is 79.0 Å². The Hall–Kier alpha value is -1.40. The van der Waals surface area contributed by atoms with Crippen molar-refractivity contribution in [2.24, 2.45) is 0 Å². The fraction of sp³-hybridized carbons (Fsp3) is 0.667. The molecular weight excluding hydrogens is 232 g/mol. The van der Waals surface area contributed by atoms with Gasteiger partial charge in [-0.1, -0.05) is 0 Å². The van der Waals surface area contributed by atoms with E-state index in [1.165, 1.54) is 0 Å². The second-order valence-electron chi connectivity index (χ2n) is 4.39. The zero-order chi connectivity index (χ0) is 12.6. The van der Waals surface area contributed by atoms with Crippen LogP contribution in [0.2, 0.25) is 0 Å². The Morgan fingerprint density at radius 3 is 3.28 bits per heavy atom. The zero-order valence-electron chi connectivity index (χ0n) is 10.4. The van der Waals surface area contributed by atoms with Crippen molar-refractivity contribution in [3.63, 3.8) is 0 Å². The van der Waals surface area contributed by atoms with E-state index in [1.54, 1.807) is 12.4 Å². The molecule has 6 nitrogen and oxygen atoms in total. The number of rotatable bonds is 6. The molecule has 0 bridgehead atoms. The Bertz CT molecular complexity index is 347. The van der Waals surface area contributed by atoms with Crippen LogP contribution < -0.4 is 10.6 Å². The van der Waals surface area contributed by atoms with Gasteiger partial charge in [-0.2, -0.15) is 0 Å². The van der Waals surface area contributed by atoms with Gasteiger partial charge in [0.1, 0.15) is 5.82 Å². The van der Waals surface area contributed by atoms with Crippen LogP contribution in [-0.4, -0.2) is 48.2 Å². The molecule has 0 radical (unpaired) electrons. The van der Waals surface area contributed by atoms with Gasteiger partial charge in [0.15, 0.2) is 0 Å². The van der Waals surface area contributed by atoms with Crippen LogP contribution in [0, 0.1) is 0 Å².